The maximum Gasteiger partial charge on any atom is 0.410 e. The lowest BCUT2D eigenvalue weighted by atomic mass is 10.1. The van der Waals surface area contributed by atoms with E-state index in [2.05, 4.69) is 0 Å². The van der Waals surface area contributed by atoms with E-state index in [0.717, 1.165) is 4.90 Å². The van der Waals surface area contributed by atoms with Gasteiger partial charge in [0, 0.05) is 13.1 Å². The molecular weight excluding hydrogens is 276 g/mol. The summed E-state index contributed by atoms with van der Waals surface area (Å²) >= 11 is 0. The first-order valence-corrected chi connectivity index (χ1v) is 6.32. The Kier molecular flexibility index (Phi) is 5.02. The van der Waals surface area contributed by atoms with Crippen molar-refractivity contribution in [2.45, 2.75) is 32.4 Å². The van der Waals surface area contributed by atoms with Crippen molar-refractivity contribution < 1.29 is 19.2 Å². The van der Waals surface area contributed by atoms with E-state index in [9.17, 15) is 19.7 Å². The van der Waals surface area contributed by atoms with Crippen molar-refractivity contribution >= 4 is 18.1 Å². The smallest absolute Gasteiger partial charge is 0.410 e. The SMILES string of the molecule is CN(C(=O)OC(C)(C)C)C(C=O)c1ccccc1[N+](=O)[O-]. The average Bonchev–Trinajstić information content (AvgIpc) is 2.37. The van der Waals surface area contributed by atoms with Crippen molar-refractivity contribution in [2.24, 2.45) is 0 Å². The molecule has 0 saturated heterocycles. The highest BCUT2D eigenvalue weighted by atomic mass is 16.6. The minimum Gasteiger partial charge on any atom is -0.444 e. The number of carbonyl (C=O) groups excluding carboxylic acids is 2. The topological polar surface area (TPSA) is 89.8 Å². The summed E-state index contributed by atoms with van der Waals surface area (Å²) < 4.78 is 5.16. The van der Waals surface area contributed by atoms with Gasteiger partial charge in [-0.1, -0.05) is 12.1 Å². The van der Waals surface area contributed by atoms with Crippen molar-refractivity contribution in [1.82, 2.24) is 4.90 Å². The summed E-state index contributed by atoms with van der Waals surface area (Å²) in [5, 5.41) is 11.0. The second-order valence-corrected chi connectivity index (χ2v) is 5.49. The molecule has 0 fully saturated rings. The number of benzene rings is 1. The lowest BCUT2D eigenvalue weighted by Crippen LogP contribution is -2.37. The van der Waals surface area contributed by atoms with Crippen molar-refractivity contribution in [3.63, 3.8) is 0 Å². The molecule has 1 rings (SSSR count). The van der Waals surface area contributed by atoms with E-state index in [1.807, 2.05) is 0 Å². The molecule has 1 amide bonds. The number of amides is 1. The van der Waals surface area contributed by atoms with Crippen LogP contribution in [0.25, 0.3) is 0 Å². The molecule has 7 nitrogen and oxygen atoms in total. The largest absolute Gasteiger partial charge is 0.444 e. The van der Waals surface area contributed by atoms with Gasteiger partial charge in [0.15, 0.2) is 0 Å². The van der Waals surface area contributed by atoms with Crippen LogP contribution in [-0.2, 0) is 9.53 Å². The van der Waals surface area contributed by atoms with Crippen LogP contribution >= 0.6 is 0 Å². The second kappa shape index (κ2) is 6.34. The Morgan fingerprint density at radius 1 is 1.38 bits per heavy atom. The van der Waals surface area contributed by atoms with Crippen molar-refractivity contribution in [1.29, 1.82) is 0 Å². The molecule has 0 radical (unpaired) electrons. The predicted octanol–water partition coefficient (Wildman–Crippen LogP) is 2.70. The quantitative estimate of drug-likeness (QED) is 0.484. The van der Waals surface area contributed by atoms with Gasteiger partial charge in [0.2, 0.25) is 0 Å². The lowest BCUT2D eigenvalue weighted by molar-refractivity contribution is -0.385. The van der Waals surface area contributed by atoms with Crippen LogP contribution in [0.2, 0.25) is 0 Å². The number of para-hydroxylation sites is 1. The van der Waals surface area contributed by atoms with E-state index >= 15 is 0 Å². The molecule has 0 N–H and O–H groups in total. The van der Waals surface area contributed by atoms with E-state index < -0.39 is 22.7 Å². The van der Waals surface area contributed by atoms with Crippen LogP contribution in [0.5, 0.6) is 0 Å². The van der Waals surface area contributed by atoms with Gasteiger partial charge in [-0.25, -0.2) is 4.79 Å². The number of nitro groups is 1. The third-order valence-electron chi connectivity index (χ3n) is 2.68. The van der Waals surface area contributed by atoms with Gasteiger partial charge in [-0.05, 0) is 26.8 Å². The van der Waals surface area contributed by atoms with E-state index in [4.69, 9.17) is 4.74 Å². The Morgan fingerprint density at radius 2 is 1.95 bits per heavy atom. The highest BCUT2D eigenvalue weighted by molar-refractivity contribution is 5.76. The van der Waals surface area contributed by atoms with Gasteiger partial charge in [0.1, 0.15) is 17.9 Å². The van der Waals surface area contributed by atoms with Crippen molar-refractivity contribution in [3.8, 4) is 0 Å². The van der Waals surface area contributed by atoms with Crippen LogP contribution < -0.4 is 0 Å². The summed E-state index contributed by atoms with van der Waals surface area (Å²) in [5.41, 5.74) is -0.794. The first kappa shape index (κ1) is 16.6. The maximum atomic E-state index is 12.0. The van der Waals surface area contributed by atoms with Crippen LogP contribution in [0.4, 0.5) is 10.5 Å². The highest BCUT2D eigenvalue weighted by Crippen LogP contribution is 2.28. The van der Waals surface area contributed by atoms with Crippen LogP contribution in [0.15, 0.2) is 24.3 Å². The summed E-state index contributed by atoms with van der Waals surface area (Å²) in [6, 6.07) is 4.72. The molecule has 0 aliphatic carbocycles. The molecule has 1 aromatic carbocycles. The van der Waals surface area contributed by atoms with Gasteiger partial charge in [0.25, 0.3) is 5.69 Å². The normalized spacial score (nSPS) is 12.4. The van der Waals surface area contributed by atoms with Gasteiger partial charge in [-0.15, -0.1) is 0 Å². The second-order valence-electron chi connectivity index (χ2n) is 5.49. The fraction of sp³-hybridized carbons (Fsp3) is 0.429. The number of aldehydes is 1. The Bertz CT molecular complexity index is 551. The Labute approximate surface area is 122 Å². The van der Waals surface area contributed by atoms with Crippen LogP contribution in [-0.4, -0.2) is 34.9 Å². The number of rotatable bonds is 4. The summed E-state index contributed by atoms with van der Waals surface area (Å²) in [4.78, 5) is 34.8. The maximum absolute atomic E-state index is 12.0. The zero-order valence-electron chi connectivity index (χ0n) is 12.4. The molecule has 21 heavy (non-hydrogen) atoms. The fourth-order valence-electron chi connectivity index (χ4n) is 1.72. The third kappa shape index (κ3) is 4.27. The van der Waals surface area contributed by atoms with E-state index in [1.165, 1.54) is 25.2 Å². The number of likely N-dealkylation sites (N-methyl/N-ethyl adjacent to an activating group) is 1. The number of hydrogen-bond donors (Lipinski definition) is 0. The lowest BCUT2D eigenvalue weighted by Gasteiger charge is -2.28. The monoisotopic (exact) mass is 294 g/mol. The van der Waals surface area contributed by atoms with Crippen LogP contribution in [0.1, 0.15) is 32.4 Å². The molecule has 0 heterocycles. The summed E-state index contributed by atoms with van der Waals surface area (Å²) in [6.07, 6.45) is -0.246. The van der Waals surface area contributed by atoms with Crippen molar-refractivity contribution in [3.05, 3.63) is 39.9 Å². The van der Waals surface area contributed by atoms with Gasteiger partial charge in [0.05, 0.1) is 10.5 Å². The third-order valence-corrected chi connectivity index (χ3v) is 2.68. The molecule has 0 aliphatic rings. The van der Waals surface area contributed by atoms with E-state index in [-0.39, 0.29) is 11.3 Å². The van der Waals surface area contributed by atoms with Crippen molar-refractivity contribution in [2.75, 3.05) is 7.05 Å². The molecule has 0 aliphatic heterocycles. The zero-order valence-corrected chi connectivity index (χ0v) is 12.4. The molecule has 1 aromatic rings. The van der Waals surface area contributed by atoms with Gasteiger partial charge >= 0.3 is 6.09 Å². The first-order chi connectivity index (χ1) is 9.67. The summed E-state index contributed by atoms with van der Waals surface area (Å²) in [6.45, 7) is 5.08. The Hall–Kier alpha value is -2.44. The van der Waals surface area contributed by atoms with Gasteiger partial charge in [-0.2, -0.15) is 0 Å². The van der Waals surface area contributed by atoms with Crippen LogP contribution in [0, 0.1) is 10.1 Å². The average molecular weight is 294 g/mol. The molecule has 0 spiro atoms. The number of nitrogens with zero attached hydrogens (tertiary/aromatic N) is 2. The number of nitro benzene ring substituents is 1. The fourth-order valence-corrected chi connectivity index (χ4v) is 1.72. The first-order valence-electron chi connectivity index (χ1n) is 6.32. The van der Waals surface area contributed by atoms with Crippen LogP contribution in [0.3, 0.4) is 0 Å². The highest BCUT2D eigenvalue weighted by Gasteiger charge is 2.30. The molecule has 0 bridgehead atoms. The van der Waals surface area contributed by atoms with Gasteiger partial charge < -0.3 is 9.53 Å². The van der Waals surface area contributed by atoms with Gasteiger partial charge in [-0.3, -0.25) is 15.0 Å². The molecule has 1 atom stereocenters. The Morgan fingerprint density at radius 3 is 2.43 bits per heavy atom. The molecule has 114 valence electrons. The predicted molar refractivity (Wildman–Crippen MR) is 75.9 cm³/mol. The Balaban J connectivity index is 3.11. The summed E-state index contributed by atoms with van der Waals surface area (Å²) in [7, 11) is 1.36. The number of ether oxygens (including phenoxy) is 1. The van der Waals surface area contributed by atoms with E-state index in [1.54, 1.807) is 26.8 Å². The molecule has 0 aromatic heterocycles. The minimum absolute atomic E-state index is 0.144. The zero-order chi connectivity index (χ0) is 16.2. The summed E-state index contributed by atoms with van der Waals surface area (Å²) in [5.74, 6) is 0. The number of hydrogen-bond acceptors (Lipinski definition) is 5. The molecule has 0 saturated carbocycles. The van der Waals surface area contributed by atoms with E-state index in [0.29, 0.717) is 6.29 Å². The molecule has 7 heteroatoms. The minimum atomic E-state index is -1.08. The number of carbonyl (C=O) groups is 2. The molecular formula is C14H18N2O5. The molecule has 1 unspecified atom stereocenters. The standard InChI is InChI=1S/C14H18N2O5/c1-14(2,3)21-13(18)15(4)12(9-17)10-7-5-6-8-11(10)16(19)20/h5-9,12H,1-4H3.